The molecule has 108 valence electrons. The van der Waals surface area contributed by atoms with E-state index in [0.29, 0.717) is 12.5 Å². The number of carboxylic acids is 1. The molecule has 0 heterocycles. The van der Waals surface area contributed by atoms with Crippen LogP contribution in [-0.4, -0.2) is 53.7 Å². The van der Waals surface area contributed by atoms with E-state index in [1.54, 1.807) is 4.90 Å². The van der Waals surface area contributed by atoms with E-state index in [1.807, 2.05) is 13.8 Å². The number of carbonyl (C=O) groups is 3. The smallest absolute Gasteiger partial charge is 0.329 e. The number of amides is 3. The first kappa shape index (κ1) is 15.4. The summed E-state index contributed by atoms with van der Waals surface area (Å²) in [5, 5.41) is 10.5. The Morgan fingerprint density at radius 2 is 1.95 bits per heavy atom. The SMILES string of the molecule is CC(C)N(CC1CC1)C(=O)NC(=O)COCC(=O)O. The van der Waals surface area contributed by atoms with Crippen molar-refractivity contribution < 1.29 is 24.2 Å². The van der Waals surface area contributed by atoms with Crippen molar-refractivity contribution in [2.45, 2.75) is 32.7 Å². The van der Waals surface area contributed by atoms with Gasteiger partial charge in [0.15, 0.2) is 0 Å². The van der Waals surface area contributed by atoms with Crippen LogP contribution in [0.25, 0.3) is 0 Å². The largest absolute Gasteiger partial charge is 0.480 e. The highest BCUT2D eigenvalue weighted by molar-refractivity contribution is 5.95. The van der Waals surface area contributed by atoms with E-state index in [-0.39, 0.29) is 6.04 Å². The van der Waals surface area contributed by atoms with Crippen LogP contribution in [0.4, 0.5) is 4.79 Å². The van der Waals surface area contributed by atoms with Gasteiger partial charge in [0.2, 0.25) is 0 Å². The molecule has 19 heavy (non-hydrogen) atoms. The van der Waals surface area contributed by atoms with Gasteiger partial charge in [0.05, 0.1) is 0 Å². The highest BCUT2D eigenvalue weighted by atomic mass is 16.5. The minimum absolute atomic E-state index is 0.00772. The fourth-order valence-corrected chi connectivity index (χ4v) is 1.57. The molecule has 1 rings (SSSR count). The topological polar surface area (TPSA) is 95.9 Å². The number of imide groups is 1. The summed E-state index contributed by atoms with van der Waals surface area (Å²) in [5.41, 5.74) is 0. The summed E-state index contributed by atoms with van der Waals surface area (Å²) in [4.78, 5) is 35.1. The standard InChI is InChI=1S/C12H20N2O5/c1-8(2)14(5-9-3-4-9)12(18)13-10(15)6-19-7-11(16)17/h8-9H,3-7H2,1-2H3,(H,16,17)(H,13,15,18). The molecule has 0 bridgehead atoms. The average molecular weight is 272 g/mol. The molecule has 1 aliphatic carbocycles. The summed E-state index contributed by atoms with van der Waals surface area (Å²) in [6, 6.07) is -0.445. The zero-order valence-corrected chi connectivity index (χ0v) is 11.2. The van der Waals surface area contributed by atoms with Crippen LogP contribution >= 0.6 is 0 Å². The van der Waals surface area contributed by atoms with Crippen molar-refractivity contribution in [1.82, 2.24) is 10.2 Å². The first-order chi connectivity index (χ1) is 8.90. The van der Waals surface area contributed by atoms with E-state index in [1.165, 1.54) is 0 Å². The molecule has 1 fully saturated rings. The molecule has 0 aliphatic heterocycles. The Morgan fingerprint density at radius 1 is 1.32 bits per heavy atom. The third-order valence-electron chi connectivity index (χ3n) is 2.74. The highest BCUT2D eigenvalue weighted by Gasteiger charge is 2.28. The van der Waals surface area contributed by atoms with Gasteiger partial charge in [-0.3, -0.25) is 10.1 Å². The van der Waals surface area contributed by atoms with Gasteiger partial charge in [-0.25, -0.2) is 9.59 Å². The second-order valence-corrected chi connectivity index (χ2v) is 4.93. The molecule has 0 atom stereocenters. The normalized spacial score (nSPS) is 14.3. The molecule has 0 aromatic heterocycles. The second-order valence-electron chi connectivity index (χ2n) is 4.93. The Labute approximate surface area is 111 Å². The number of nitrogens with zero attached hydrogens (tertiary/aromatic N) is 1. The summed E-state index contributed by atoms with van der Waals surface area (Å²) in [7, 11) is 0. The van der Waals surface area contributed by atoms with Gasteiger partial charge in [0, 0.05) is 12.6 Å². The molecule has 0 radical (unpaired) electrons. The van der Waals surface area contributed by atoms with E-state index >= 15 is 0 Å². The summed E-state index contributed by atoms with van der Waals surface area (Å²) in [6.07, 6.45) is 2.23. The van der Waals surface area contributed by atoms with Crippen molar-refractivity contribution >= 4 is 17.9 Å². The number of rotatable bonds is 7. The van der Waals surface area contributed by atoms with Gasteiger partial charge in [-0.2, -0.15) is 0 Å². The van der Waals surface area contributed by atoms with E-state index < -0.39 is 31.1 Å². The molecule has 3 amide bonds. The lowest BCUT2D eigenvalue weighted by molar-refractivity contribution is -0.143. The van der Waals surface area contributed by atoms with Gasteiger partial charge >= 0.3 is 12.0 Å². The Balaban J connectivity index is 2.33. The molecular formula is C12H20N2O5. The molecule has 0 saturated heterocycles. The molecule has 7 nitrogen and oxygen atoms in total. The number of aliphatic carboxylic acids is 1. The van der Waals surface area contributed by atoms with Crippen LogP contribution in [0.2, 0.25) is 0 Å². The van der Waals surface area contributed by atoms with Crippen molar-refractivity contribution in [1.29, 1.82) is 0 Å². The third-order valence-corrected chi connectivity index (χ3v) is 2.74. The van der Waals surface area contributed by atoms with Crippen molar-refractivity contribution in [3.8, 4) is 0 Å². The van der Waals surface area contributed by atoms with Crippen molar-refractivity contribution in [3.63, 3.8) is 0 Å². The molecule has 1 saturated carbocycles. The maximum atomic E-state index is 11.9. The van der Waals surface area contributed by atoms with Crippen molar-refractivity contribution in [2.75, 3.05) is 19.8 Å². The Bertz CT molecular complexity index is 352. The molecule has 0 aromatic carbocycles. The predicted octanol–water partition coefficient (Wildman–Crippen LogP) is 0.444. The molecule has 1 aliphatic rings. The fraction of sp³-hybridized carbons (Fsp3) is 0.750. The van der Waals surface area contributed by atoms with Gasteiger partial charge < -0.3 is 14.7 Å². The van der Waals surface area contributed by atoms with E-state index in [4.69, 9.17) is 5.11 Å². The molecule has 0 spiro atoms. The number of urea groups is 1. The number of ether oxygens (including phenoxy) is 1. The van der Waals surface area contributed by atoms with Crippen molar-refractivity contribution in [2.24, 2.45) is 5.92 Å². The summed E-state index contributed by atoms with van der Waals surface area (Å²) >= 11 is 0. The van der Waals surface area contributed by atoms with Crippen LogP contribution in [0.5, 0.6) is 0 Å². The van der Waals surface area contributed by atoms with E-state index in [0.717, 1.165) is 12.8 Å². The first-order valence-corrected chi connectivity index (χ1v) is 6.30. The lowest BCUT2D eigenvalue weighted by atomic mass is 10.3. The monoisotopic (exact) mass is 272 g/mol. The van der Waals surface area contributed by atoms with Gasteiger partial charge in [-0.05, 0) is 32.6 Å². The number of hydrogen-bond donors (Lipinski definition) is 2. The highest BCUT2D eigenvalue weighted by Crippen LogP contribution is 2.30. The molecule has 2 N–H and O–H groups in total. The molecule has 0 unspecified atom stereocenters. The predicted molar refractivity (Wildman–Crippen MR) is 66.6 cm³/mol. The maximum Gasteiger partial charge on any atom is 0.329 e. The van der Waals surface area contributed by atoms with Crippen LogP contribution in [0.1, 0.15) is 26.7 Å². The van der Waals surface area contributed by atoms with Gasteiger partial charge in [0.1, 0.15) is 13.2 Å². The summed E-state index contributed by atoms with van der Waals surface area (Å²) in [5.74, 6) is -1.25. The van der Waals surface area contributed by atoms with Gasteiger partial charge in [-0.15, -0.1) is 0 Å². The minimum atomic E-state index is -1.16. The lowest BCUT2D eigenvalue weighted by Gasteiger charge is -2.26. The Kier molecular flexibility index (Phi) is 5.75. The fourth-order valence-electron chi connectivity index (χ4n) is 1.57. The average Bonchev–Trinajstić information content (AvgIpc) is 3.08. The first-order valence-electron chi connectivity index (χ1n) is 6.30. The second kappa shape index (κ2) is 7.08. The third kappa shape index (κ3) is 6.19. The lowest BCUT2D eigenvalue weighted by Crippen LogP contribution is -2.48. The molecule has 7 heteroatoms. The van der Waals surface area contributed by atoms with Crippen LogP contribution in [0.15, 0.2) is 0 Å². The number of nitrogens with one attached hydrogen (secondary N) is 1. The van der Waals surface area contributed by atoms with Crippen molar-refractivity contribution in [3.05, 3.63) is 0 Å². The van der Waals surface area contributed by atoms with E-state index in [2.05, 4.69) is 10.1 Å². The number of hydrogen-bond acceptors (Lipinski definition) is 4. The summed E-state index contributed by atoms with van der Waals surface area (Å²) in [6.45, 7) is 3.42. The van der Waals surface area contributed by atoms with E-state index in [9.17, 15) is 14.4 Å². The van der Waals surface area contributed by atoms with Gasteiger partial charge in [0.25, 0.3) is 5.91 Å². The van der Waals surface area contributed by atoms with Crippen LogP contribution in [-0.2, 0) is 14.3 Å². The van der Waals surface area contributed by atoms with Crippen LogP contribution in [0, 0.1) is 5.92 Å². The number of carbonyl (C=O) groups excluding carboxylic acids is 2. The number of carboxylic acid groups (broad SMARTS) is 1. The Hall–Kier alpha value is -1.63. The minimum Gasteiger partial charge on any atom is -0.480 e. The molecular weight excluding hydrogens is 252 g/mol. The molecule has 0 aromatic rings. The van der Waals surface area contributed by atoms with Crippen LogP contribution in [0.3, 0.4) is 0 Å². The van der Waals surface area contributed by atoms with Gasteiger partial charge in [-0.1, -0.05) is 0 Å². The summed E-state index contributed by atoms with van der Waals surface area (Å²) < 4.78 is 4.61. The zero-order valence-electron chi connectivity index (χ0n) is 11.2. The maximum absolute atomic E-state index is 11.9. The zero-order chi connectivity index (χ0) is 14.4. The quantitative estimate of drug-likeness (QED) is 0.701. The van der Waals surface area contributed by atoms with Crippen LogP contribution < -0.4 is 5.32 Å². The Morgan fingerprint density at radius 3 is 2.42 bits per heavy atom.